The van der Waals surface area contributed by atoms with Crippen LogP contribution < -0.4 is 0 Å². The monoisotopic (exact) mass is 302 g/mol. The number of hydrogen-bond donors (Lipinski definition) is 1. The summed E-state index contributed by atoms with van der Waals surface area (Å²) in [4.78, 5) is 0. The molecule has 4 heteroatoms. The molecule has 0 bridgehead atoms. The first kappa shape index (κ1) is 13.0. The van der Waals surface area contributed by atoms with Gasteiger partial charge in [0.1, 0.15) is 5.82 Å². The molecule has 2 rings (SSSR count). The van der Waals surface area contributed by atoms with Gasteiger partial charge in [0.25, 0.3) is 0 Å². The molecule has 1 N–H and O–H groups in total. The third-order valence-electron chi connectivity index (χ3n) is 3.14. The van der Waals surface area contributed by atoms with Gasteiger partial charge in [-0.25, -0.2) is 4.39 Å². The number of benzene rings is 1. The molecule has 1 aromatic carbocycles. The summed E-state index contributed by atoms with van der Waals surface area (Å²) in [5, 5.41) is 10.3. The zero-order valence-electron chi connectivity index (χ0n) is 9.75. The van der Waals surface area contributed by atoms with Crippen LogP contribution in [0.2, 0.25) is 0 Å². The lowest BCUT2D eigenvalue weighted by molar-refractivity contribution is -0.136. The minimum Gasteiger partial charge on any atom is -0.389 e. The van der Waals surface area contributed by atoms with Crippen LogP contribution in [0.4, 0.5) is 4.39 Å². The van der Waals surface area contributed by atoms with Crippen LogP contribution >= 0.6 is 15.9 Å². The van der Waals surface area contributed by atoms with Crippen molar-refractivity contribution in [2.45, 2.75) is 37.9 Å². The minimum atomic E-state index is -0.740. The van der Waals surface area contributed by atoms with Gasteiger partial charge in [0.15, 0.2) is 0 Å². The molecule has 0 unspecified atom stereocenters. The van der Waals surface area contributed by atoms with Gasteiger partial charge in [-0.3, -0.25) is 0 Å². The fourth-order valence-corrected chi connectivity index (χ4v) is 2.71. The Hall–Kier alpha value is -0.450. The van der Waals surface area contributed by atoms with Gasteiger partial charge in [-0.2, -0.15) is 0 Å². The van der Waals surface area contributed by atoms with E-state index in [0.717, 1.165) is 10.0 Å². The lowest BCUT2D eigenvalue weighted by Gasteiger charge is -2.43. The Kier molecular flexibility index (Phi) is 3.85. The fraction of sp³-hybridized carbons (Fsp3) is 0.538. The van der Waals surface area contributed by atoms with Gasteiger partial charge in [0, 0.05) is 30.3 Å². The van der Waals surface area contributed by atoms with Crippen molar-refractivity contribution in [3.63, 3.8) is 0 Å². The van der Waals surface area contributed by atoms with E-state index in [9.17, 15) is 9.50 Å². The van der Waals surface area contributed by atoms with Crippen LogP contribution in [0.5, 0.6) is 0 Å². The van der Waals surface area contributed by atoms with Gasteiger partial charge in [0.2, 0.25) is 0 Å². The lowest BCUT2D eigenvalue weighted by atomic mass is 9.73. The van der Waals surface area contributed by atoms with Gasteiger partial charge in [-0.1, -0.05) is 15.9 Å². The maximum Gasteiger partial charge on any atom is 0.123 e. The molecule has 1 saturated carbocycles. The van der Waals surface area contributed by atoms with Gasteiger partial charge in [-0.15, -0.1) is 0 Å². The standard InChI is InChI=1S/C13H16BrFO2/c1-2-17-11-7-13(16,8-11)6-9-5-10(15)3-4-12(9)14/h3-5,11,16H,2,6-8H2,1H3. The first-order chi connectivity index (χ1) is 8.02. The van der Waals surface area contributed by atoms with Crippen molar-refractivity contribution in [1.82, 2.24) is 0 Å². The Morgan fingerprint density at radius 3 is 2.88 bits per heavy atom. The van der Waals surface area contributed by atoms with Crippen molar-refractivity contribution in [3.05, 3.63) is 34.1 Å². The highest BCUT2D eigenvalue weighted by Gasteiger charge is 2.43. The van der Waals surface area contributed by atoms with Gasteiger partial charge in [0.05, 0.1) is 11.7 Å². The van der Waals surface area contributed by atoms with E-state index in [4.69, 9.17) is 4.74 Å². The van der Waals surface area contributed by atoms with Gasteiger partial charge >= 0.3 is 0 Å². The number of halogens is 2. The molecule has 0 aromatic heterocycles. The van der Waals surface area contributed by atoms with E-state index in [1.54, 1.807) is 6.07 Å². The second-order valence-electron chi connectivity index (χ2n) is 4.62. The number of rotatable bonds is 4. The second-order valence-corrected chi connectivity index (χ2v) is 5.48. The average Bonchev–Trinajstić information content (AvgIpc) is 2.22. The van der Waals surface area contributed by atoms with Crippen LogP contribution in [0.3, 0.4) is 0 Å². The third-order valence-corrected chi connectivity index (χ3v) is 3.92. The van der Waals surface area contributed by atoms with E-state index < -0.39 is 5.60 Å². The zero-order valence-corrected chi connectivity index (χ0v) is 11.3. The lowest BCUT2D eigenvalue weighted by Crippen LogP contribution is -2.50. The maximum absolute atomic E-state index is 13.1. The molecule has 94 valence electrons. The normalized spacial score (nSPS) is 27.9. The van der Waals surface area contributed by atoms with Crippen LogP contribution in [-0.2, 0) is 11.2 Å². The molecular formula is C13H16BrFO2. The first-order valence-corrected chi connectivity index (χ1v) is 6.59. The summed E-state index contributed by atoms with van der Waals surface area (Å²) < 4.78 is 19.4. The Morgan fingerprint density at radius 1 is 1.53 bits per heavy atom. The van der Waals surface area contributed by atoms with Crippen LogP contribution in [0.1, 0.15) is 25.3 Å². The van der Waals surface area contributed by atoms with Crippen molar-refractivity contribution in [2.75, 3.05) is 6.61 Å². The highest BCUT2D eigenvalue weighted by Crippen LogP contribution is 2.38. The summed E-state index contributed by atoms with van der Waals surface area (Å²) in [7, 11) is 0. The third kappa shape index (κ3) is 3.06. The van der Waals surface area contributed by atoms with E-state index in [1.807, 2.05) is 6.92 Å². The van der Waals surface area contributed by atoms with E-state index >= 15 is 0 Å². The van der Waals surface area contributed by atoms with Crippen LogP contribution in [0.15, 0.2) is 22.7 Å². The number of aliphatic hydroxyl groups is 1. The van der Waals surface area contributed by atoms with Gasteiger partial charge < -0.3 is 9.84 Å². The van der Waals surface area contributed by atoms with Crippen molar-refractivity contribution in [3.8, 4) is 0 Å². The molecule has 0 aliphatic heterocycles. The molecule has 2 nitrogen and oxygen atoms in total. The van der Waals surface area contributed by atoms with E-state index in [1.165, 1.54) is 12.1 Å². The predicted molar refractivity (Wildman–Crippen MR) is 67.4 cm³/mol. The molecule has 0 spiro atoms. The van der Waals surface area contributed by atoms with Crippen LogP contribution in [0, 0.1) is 5.82 Å². The molecule has 1 aliphatic rings. The van der Waals surface area contributed by atoms with Crippen LogP contribution in [0.25, 0.3) is 0 Å². The summed E-state index contributed by atoms with van der Waals surface area (Å²) in [6.45, 7) is 2.62. The Bertz CT molecular complexity index is 402. The molecule has 0 amide bonds. The summed E-state index contributed by atoms with van der Waals surface area (Å²) >= 11 is 3.37. The smallest absolute Gasteiger partial charge is 0.123 e. The quantitative estimate of drug-likeness (QED) is 0.926. The summed E-state index contributed by atoms with van der Waals surface area (Å²) in [6, 6.07) is 4.55. The second kappa shape index (κ2) is 5.04. The molecular weight excluding hydrogens is 287 g/mol. The average molecular weight is 303 g/mol. The maximum atomic E-state index is 13.1. The van der Waals surface area contributed by atoms with E-state index in [2.05, 4.69) is 15.9 Å². The largest absolute Gasteiger partial charge is 0.389 e. The summed E-state index contributed by atoms with van der Waals surface area (Å²) in [5.74, 6) is -0.271. The van der Waals surface area contributed by atoms with Crippen molar-refractivity contribution in [2.24, 2.45) is 0 Å². The van der Waals surface area contributed by atoms with E-state index in [0.29, 0.717) is 25.9 Å². The zero-order chi connectivity index (χ0) is 12.5. The number of ether oxygens (including phenoxy) is 1. The fourth-order valence-electron chi connectivity index (χ4n) is 2.32. The molecule has 1 aromatic rings. The molecule has 1 aliphatic carbocycles. The highest BCUT2D eigenvalue weighted by molar-refractivity contribution is 9.10. The van der Waals surface area contributed by atoms with E-state index in [-0.39, 0.29) is 11.9 Å². The summed E-state index contributed by atoms with van der Waals surface area (Å²) in [5.41, 5.74) is 0.0679. The first-order valence-electron chi connectivity index (χ1n) is 5.80. The van der Waals surface area contributed by atoms with Gasteiger partial charge in [-0.05, 0) is 30.7 Å². The molecule has 17 heavy (non-hydrogen) atoms. The molecule has 0 atom stereocenters. The molecule has 0 saturated heterocycles. The molecule has 1 fully saturated rings. The minimum absolute atomic E-state index is 0.150. The Labute approximate surface area is 109 Å². The molecule has 0 radical (unpaired) electrons. The Balaban J connectivity index is 2.00. The Morgan fingerprint density at radius 2 is 2.24 bits per heavy atom. The number of hydrogen-bond acceptors (Lipinski definition) is 2. The topological polar surface area (TPSA) is 29.5 Å². The van der Waals surface area contributed by atoms with Crippen molar-refractivity contribution < 1.29 is 14.2 Å². The van der Waals surface area contributed by atoms with Crippen LogP contribution in [-0.4, -0.2) is 23.4 Å². The SMILES string of the molecule is CCOC1CC(O)(Cc2cc(F)ccc2Br)C1. The van der Waals surface area contributed by atoms with Crippen molar-refractivity contribution >= 4 is 15.9 Å². The molecule has 0 heterocycles. The summed E-state index contributed by atoms with van der Waals surface area (Å²) in [6.07, 6.45) is 1.88. The van der Waals surface area contributed by atoms with Crippen molar-refractivity contribution in [1.29, 1.82) is 0 Å². The highest BCUT2D eigenvalue weighted by atomic mass is 79.9. The predicted octanol–water partition coefficient (Wildman–Crippen LogP) is 3.06.